The lowest BCUT2D eigenvalue weighted by molar-refractivity contribution is -0.140. The van der Waals surface area contributed by atoms with Gasteiger partial charge in [0.1, 0.15) is 5.70 Å². The van der Waals surface area contributed by atoms with Crippen LogP contribution in [0, 0.1) is 0 Å². The molecule has 0 aromatic rings. The number of esters is 2. The summed E-state index contributed by atoms with van der Waals surface area (Å²) in [6.45, 7) is 23.0. The molecule has 0 spiro atoms. The van der Waals surface area contributed by atoms with E-state index in [4.69, 9.17) is 18.3 Å². The number of rotatable bonds is 7. The summed E-state index contributed by atoms with van der Waals surface area (Å²) in [7, 11) is -1.60. The van der Waals surface area contributed by atoms with Gasteiger partial charge in [-0.3, -0.25) is 0 Å². The molecule has 0 aromatic heterocycles. The topological polar surface area (TPSA) is 74.3 Å². The maximum atomic E-state index is 12.4. The van der Waals surface area contributed by atoms with Crippen LogP contribution in [0.3, 0.4) is 0 Å². The van der Waals surface area contributed by atoms with Gasteiger partial charge in [0.2, 0.25) is 0 Å². The van der Waals surface area contributed by atoms with Crippen LogP contribution >= 0.6 is 0 Å². The van der Waals surface area contributed by atoms with Crippen molar-refractivity contribution in [3.05, 3.63) is 11.8 Å². The summed E-state index contributed by atoms with van der Waals surface area (Å²) in [5.41, 5.74) is 0.166. The molecule has 1 rings (SSSR count). The number of hydrogen-bond donors (Lipinski definition) is 0. The molecule has 1 heterocycles. The van der Waals surface area contributed by atoms with Gasteiger partial charge in [-0.15, -0.1) is 0 Å². The van der Waals surface area contributed by atoms with E-state index in [9.17, 15) is 9.59 Å². The van der Waals surface area contributed by atoms with Crippen molar-refractivity contribution in [3.63, 3.8) is 0 Å². The van der Waals surface area contributed by atoms with Crippen molar-refractivity contribution in [2.45, 2.75) is 90.0 Å². The summed E-state index contributed by atoms with van der Waals surface area (Å²) in [4.78, 5) is 26.2. The van der Waals surface area contributed by atoms with Crippen LogP contribution in [0.4, 0.5) is 0 Å². The van der Waals surface area contributed by atoms with E-state index in [1.807, 2.05) is 4.90 Å². The molecule has 31 heavy (non-hydrogen) atoms. The molecular weight excluding hydrogens is 430 g/mol. The molecule has 0 aliphatic carbocycles. The molecule has 0 N–H and O–H groups in total. The first-order valence-corrected chi connectivity index (χ1v) is 16.7. The fourth-order valence-electron chi connectivity index (χ4n) is 2.83. The minimum absolute atomic E-state index is 0.0367. The van der Waals surface area contributed by atoms with E-state index in [2.05, 4.69) is 67.7 Å². The lowest BCUT2D eigenvalue weighted by Gasteiger charge is -2.42. The molecule has 9 heteroatoms. The Labute approximate surface area is 190 Å². The smallest absolute Gasteiger partial charge is 0.354 e. The number of carbonyl (C=O) groups excluding carboxylic acids is 2. The van der Waals surface area contributed by atoms with Crippen molar-refractivity contribution in [1.82, 2.24) is 4.90 Å². The van der Waals surface area contributed by atoms with E-state index in [1.54, 1.807) is 0 Å². The highest BCUT2D eigenvalue weighted by Gasteiger charge is 2.48. The quantitative estimate of drug-likeness (QED) is 0.310. The van der Waals surface area contributed by atoms with Gasteiger partial charge < -0.3 is 23.2 Å². The molecule has 1 aliphatic heterocycles. The minimum Gasteiger partial charge on any atom is -0.466 e. The molecule has 0 aromatic carbocycles. The Balaban J connectivity index is 3.32. The second-order valence-corrected chi connectivity index (χ2v) is 20.8. The van der Waals surface area contributed by atoms with E-state index in [1.165, 1.54) is 20.3 Å². The van der Waals surface area contributed by atoms with Crippen LogP contribution in [0.15, 0.2) is 11.8 Å². The maximum Gasteiger partial charge on any atom is 0.354 e. The largest absolute Gasteiger partial charge is 0.466 e. The van der Waals surface area contributed by atoms with Gasteiger partial charge in [0.05, 0.1) is 32.5 Å². The van der Waals surface area contributed by atoms with Gasteiger partial charge in [-0.1, -0.05) is 41.5 Å². The molecule has 1 aliphatic rings. The van der Waals surface area contributed by atoms with Crippen LogP contribution in [0.2, 0.25) is 36.3 Å². The van der Waals surface area contributed by atoms with Crippen LogP contribution in [0.25, 0.3) is 0 Å². The fourth-order valence-corrected chi connectivity index (χ4v) is 5.51. The van der Waals surface area contributed by atoms with Gasteiger partial charge in [-0.2, -0.15) is 0 Å². The summed E-state index contributed by atoms with van der Waals surface area (Å²) in [6.07, 6.45) is 0.769. The molecular formula is C22H43NO6Si2. The summed E-state index contributed by atoms with van der Waals surface area (Å²) < 4.78 is 23.2. The number of carbonyl (C=O) groups is 2. The van der Waals surface area contributed by atoms with E-state index in [0.29, 0.717) is 13.1 Å². The zero-order valence-electron chi connectivity index (χ0n) is 21.5. The molecule has 0 amide bonds. The zero-order chi connectivity index (χ0) is 24.4. The third kappa shape index (κ3) is 6.91. The molecule has 7 nitrogen and oxygen atoms in total. The highest BCUT2D eigenvalue weighted by atomic mass is 28.4. The number of likely N-dealkylation sites (tertiary alicyclic amines) is 1. The Morgan fingerprint density at radius 1 is 0.806 bits per heavy atom. The first-order valence-electron chi connectivity index (χ1n) is 10.8. The van der Waals surface area contributed by atoms with Gasteiger partial charge in [0, 0.05) is 13.1 Å². The van der Waals surface area contributed by atoms with E-state index in [0.717, 1.165) is 0 Å². The van der Waals surface area contributed by atoms with Crippen LogP contribution in [-0.2, 0) is 27.9 Å². The van der Waals surface area contributed by atoms with Crippen LogP contribution in [0.1, 0.15) is 41.5 Å². The van der Waals surface area contributed by atoms with Crippen molar-refractivity contribution in [1.29, 1.82) is 0 Å². The van der Waals surface area contributed by atoms with Crippen LogP contribution in [-0.4, -0.2) is 73.0 Å². The first kappa shape index (κ1) is 27.9. The molecule has 180 valence electrons. The second kappa shape index (κ2) is 9.76. The SMILES string of the molecule is COC(=O)/C=C(\C(=O)OC)N1C[C@H](O[Si](C)(C)C(C)(C)C)[C@@H](O[Si](C)(C)C(C)(C)C)C1. The average Bonchev–Trinajstić information content (AvgIpc) is 2.97. The monoisotopic (exact) mass is 473 g/mol. The number of nitrogens with zero attached hydrogens (tertiary/aromatic N) is 1. The standard InChI is InChI=1S/C22H43NO6Si2/c1-21(2,3)30(9,10)28-17-14-23(16(20(25)27-8)13-19(24)26-7)15-18(17)29-31(11,12)22(4,5)6/h13,17-18H,14-15H2,1-12H3/b16-13+/t17-,18-/m0/s1. The predicted octanol–water partition coefficient (Wildman–Crippen LogP) is 4.31. The fraction of sp³-hybridized carbons (Fsp3) is 0.818. The number of methoxy groups -OCH3 is 2. The van der Waals surface area contributed by atoms with Crippen LogP contribution < -0.4 is 0 Å². The Kier molecular flexibility index (Phi) is 8.78. The van der Waals surface area contributed by atoms with Gasteiger partial charge in [-0.05, 0) is 36.3 Å². The molecule has 2 atom stereocenters. The second-order valence-electron chi connectivity index (χ2n) is 11.3. The van der Waals surface area contributed by atoms with Crippen molar-refractivity contribution in [2.75, 3.05) is 27.3 Å². The minimum atomic E-state index is -2.09. The van der Waals surface area contributed by atoms with E-state index < -0.39 is 28.6 Å². The summed E-state index contributed by atoms with van der Waals surface area (Å²) in [5.74, 6) is -1.18. The predicted molar refractivity (Wildman–Crippen MR) is 128 cm³/mol. The lowest BCUT2D eigenvalue weighted by atomic mass is 10.2. The van der Waals surface area contributed by atoms with Crippen molar-refractivity contribution < 1.29 is 27.9 Å². The molecule has 0 bridgehead atoms. The maximum absolute atomic E-state index is 12.4. The van der Waals surface area contributed by atoms with E-state index >= 15 is 0 Å². The lowest BCUT2D eigenvalue weighted by Crippen LogP contribution is -2.51. The molecule has 0 radical (unpaired) electrons. The van der Waals surface area contributed by atoms with Crippen molar-refractivity contribution in [2.24, 2.45) is 0 Å². The van der Waals surface area contributed by atoms with Crippen molar-refractivity contribution >= 4 is 28.6 Å². The Morgan fingerprint density at radius 2 is 1.19 bits per heavy atom. The third-order valence-electron chi connectivity index (χ3n) is 6.91. The van der Waals surface area contributed by atoms with Gasteiger partial charge in [0.25, 0.3) is 0 Å². The summed E-state index contributed by atoms with van der Waals surface area (Å²) in [6, 6.07) is 0. The van der Waals surface area contributed by atoms with Gasteiger partial charge in [0.15, 0.2) is 16.6 Å². The normalized spacial score (nSPS) is 21.3. The summed E-state index contributed by atoms with van der Waals surface area (Å²) >= 11 is 0. The van der Waals surface area contributed by atoms with Gasteiger partial charge >= 0.3 is 11.9 Å². The van der Waals surface area contributed by atoms with Crippen molar-refractivity contribution in [3.8, 4) is 0 Å². The highest BCUT2D eigenvalue weighted by molar-refractivity contribution is 6.74. The number of ether oxygens (including phenoxy) is 2. The Morgan fingerprint density at radius 3 is 1.48 bits per heavy atom. The zero-order valence-corrected chi connectivity index (χ0v) is 23.5. The first-order chi connectivity index (χ1) is 13.9. The van der Waals surface area contributed by atoms with E-state index in [-0.39, 0.29) is 28.0 Å². The third-order valence-corrected chi connectivity index (χ3v) is 15.9. The number of hydrogen-bond acceptors (Lipinski definition) is 7. The highest BCUT2D eigenvalue weighted by Crippen LogP contribution is 2.42. The molecule has 0 unspecified atom stereocenters. The molecule has 1 saturated heterocycles. The Hall–Kier alpha value is -1.17. The molecule has 0 saturated carbocycles. The van der Waals surface area contributed by atoms with Gasteiger partial charge in [-0.25, -0.2) is 9.59 Å². The van der Waals surface area contributed by atoms with Crippen LogP contribution in [0.5, 0.6) is 0 Å². The molecule has 1 fully saturated rings. The Bertz CT molecular complexity index is 655. The summed E-state index contributed by atoms with van der Waals surface area (Å²) in [5, 5.41) is 0.0734. The average molecular weight is 474 g/mol.